The van der Waals surface area contributed by atoms with E-state index in [-0.39, 0.29) is 16.5 Å². The van der Waals surface area contributed by atoms with Crippen molar-refractivity contribution in [3.8, 4) is 11.5 Å². The van der Waals surface area contributed by atoms with E-state index in [1.165, 1.54) is 0 Å². The van der Waals surface area contributed by atoms with Gasteiger partial charge in [0.2, 0.25) is 5.75 Å². The van der Waals surface area contributed by atoms with Gasteiger partial charge in [-0.05, 0) is 40.8 Å². The molecule has 4 nitrogen and oxygen atoms in total. The number of hydrogen-bond donors (Lipinski definition) is 0. The first-order valence-corrected chi connectivity index (χ1v) is 6.50. The molecular weight excluding hydrogens is 387 g/mol. The summed E-state index contributed by atoms with van der Waals surface area (Å²) in [7, 11) is 0. The van der Waals surface area contributed by atoms with Gasteiger partial charge in [0.05, 0.1) is 9.95 Å². The summed E-state index contributed by atoms with van der Waals surface area (Å²) in [6, 6.07) is 8.70. The fourth-order valence-electron chi connectivity index (χ4n) is 1.40. The van der Waals surface area contributed by atoms with Gasteiger partial charge < -0.3 is 4.74 Å². The molecule has 0 aromatic heterocycles. The van der Waals surface area contributed by atoms with E-state index in [2.05, 4.69) is 22.6 Å². The Morgan fingerprint density at radius 2 is 2.05 bits per heavy atom. The summed E-state index contributed by atoms with van der Waals surface area (Å²) in [5.74, 6) is -0.571. The Morgan fingerprint density at radius 3 is 2.68 bits per heavy atom. The largest absolute Gasteiger partial charge is 0.450 e. The van der Waals surface area contributed by atoms with Gasteiger partial charge in [-0.15, -0.1) is 0 Å². The molecule has 0 saturated carbocycles. The van der Waals surface area contributed by atoms with Gasteiger partial charge in [0, 0.05) is 15.7 Å². The van der Waals surface area contributed by atoms with E-state index in [4.69, 9.17) is 16.3 Å². The van der Waals surface area contributed by atoms with Gasteiger partial charge in [0.1, 0.15) is 11.6 Å². The number of halogens is 3. The van der Waals surface area contributed by atoms with Crippen LogP contribution in [0.25, 0.3) is 0 Å². The van der Waals surface area contributed by atoms with Crippen LogP contribution in [0.1, 0.15) is 0 Å². The van der Waals surface area contributed by atoms with Crippen LogP contribution in [0.2, 0.25) is 5.02 Å². The van der Waals surface area contributed by atoms with E-state index in [0.717, 1.165) is 15.7 Å². The number of nitro groups is 1. The zero-order chi connectivity index (χ0) is 14.0. The normalized spacial score (nSPS) is 10.3. The smallest absolute Gasteiger partial charge is 0.313 e. The van der Waals surface area contributed by atoms with Crippen molar-refractivity contribution in [3.05, 3.63) is 60.9 Å². The molecule has 0 N–H and O–H groups in total. The highest BCUT2D eigenvalue weighted by Gasteiger charge is 2.19. The lowest BCUT2D eigenvalue weighted by atomic mass is 10.3. The minimum Gasteiger partial charge on any atom is -0.450 e. The van der Waals surface area contributed by atoms with Crippen LogP contribution in [-0.2, 0) is 0 Å². The molecule has 2 rings (SSSR count). The molecule has 98 valence electrons. The maximum atomic E-state index is 13.4. The van der Waals surface area contributed by atoms with Crippen molar-refractivity contribution in [1.82, 2.24) is 0 Å². The zero-order valence-corrected chi connectivity index (χ0v) is 12.2. The predicted molar refractivity (Wildman–Crippen MR) is 77.3 cm³/mol. The molecule has 0 aliphatic rings. The number of nitro benzene ring substituents is 1. The first-order chi connectivity index (χ1) is 8.97. The van der Waals surface area contributed by atoms with Gasteiger partial charge in [0.15, 0.2) is 0 Å². The number of ether oxygens (including phenoxy) is 1. The lowest BCUT2D eigenvalue weighted by molar-refractivity contribution is -0.385. The lowest BCUT2D eigenvalue weighted by Gasteiger charge is -2.07. The van der Waals surface area contributed by atoms with E-state index >= 15 is 0 Å². The van der Waals surface area contributed by atoms with Crippen LogP contribution in [-0.4, -0.2) is 4.92 Å². The van der Waals surface area contributed by atoms with E-state index in [9.17, 15) is 14.5 Å². The number of nitrogens with zero attached hydrogens (tertiary/aromatic N) is 1. The summed E-state index contributed by atoms with van der Waals surface area (Å²) < 4.78 is 19.6. The van der Waals surface area contributed by atoms with Crippen molar-refractivity contribution in [2.45, 2.75) is 0 Å². The number of hydrogen-bond acceptors (Lipinski definition) is 3. The third kappa shape index (κ3) is 3.32. The SMILES string of the molecule is O=[N+]([O-])c1cc(Cl)c(F)cc1Oc1cccc(I)c1. The molecule has 7 heteroatoms. The summed E-state index contributed by atoms with van der Waals surface area (Å²) in [4.78, 5) is 10.2. The Hall–Kier alpha value is -1.41. The van der Waals surface area contributed by atoms with Gasteiger partial charge >= 0.3 is 5.69 Å². The zero-order valence-electron chi connectivity index (χ0n) is 9.27. The third-order valence-corrected chi connectivity index (χ3v) is 3.18. The molecule has 0 saturated heterocycles. The second-order valence-electron chi connectivity index (χ2n) is 3.55. The summed E-state index contributed by atoms with van der Waals surface area (Å²) >= 11 is 7.60. The quantitative estimate of drug-likeness (QED) is 0.428. The van der Waals surface area contributed by atoms with Crippen LogP contribution in [0.4, 0.5) is 10.1 Å². The molecule has 0 aliphatic heterocycles. The monoisotopic (exact) mass is 393 g/mol. The highest BCUT2D eigenvalue weighted by Crippen LogP contribution is 2.35. The van der Waals surface area contributed by atoms with Crippen molar-refractivity contribution < 1.29 is 14.1 Å². The van der Waals surface area contributed by atoms with Gasteiger partial charge in [-0.25, -0.2) is 4.39 Å². The molecule has 0 bridgehead atoms. The Labute approximate surface area is 126 Å². The highest BCUT2D eigenvalue weighted by atomic mass is 127. The van der Waals surface area contributed by atoms with Gasteiger partial charge in [0.25, 0.3) is 0 Å². The van der Waals surface area contributed by atoms with Crippen LogP contribution < -0.4 is 4.74 Å². The average Bonchev–Trinajstić information content (AvgIpc) is 2.33. The molecule has 0 spiro atoms. The molecule has 0 unspecified atom stereocenters. The van der Waals surface area contributed by atoms with Crippen LogP contribution in [0.15, 0.2) is 36.4 Å². The van der Waals surface area contributed by atoms with E-state index in [0.29, 0.717) is 5.75 Å². The maximum Gasteiger partial charge on any atom is 0.313 e. The van der Waals surface area contributed by atoms with Crippen molar-refractivity contribution in [2.75, 3.05) is 0 Å². The molecule has 2 aromatic carbocycles. The molecule has 0 atom stereocenters. The van der Waals surface area contributed by atoms with E-state index < -0.39 is 10.7 Å². The molecule has 2 aromatic rings. The molecular formula is C12H6ClFINO3. The van der Waals surface area contributed by atoms with Crippen LogP contribution >= 0.6 is 34.2 Å². The summed E-state index contributed by atoms with van der Waals surface area (Å²) in [6.07, 6.45) is 0. The van der Waals surface area contributed by atoms with Crippen molar-refractivity contribution in [1.29, 1.82) is 0 Å². The molecule has 0 aliphatic carbocycles. The fourth-order valence-corrected chi connectivity index (χ4v) is 2.07. The Balaban J connectivity index is 2.44. The molecule has 0 fully saturated rings. The second-order valence-corrected chi connectivity index (χ2v) is 5.20. The molecule has 0 heterocycles. The third-order valence-electron chi connectivity index (χ3n) is 2.22. The molecule has 19 heavy (non-hydrogen) atoms. The van der Waals surface area contributed by atoms with Gasteiger partial charge in [-0.2, -0.15) is 0 Å². The van der Waals surface area contributed by atoms with Crippen molar-refractivity contribution in [3.63, 3.8) is 0 Å². The first-order valence-electron chi connectivity index (χ1n) is 5.04. The average molecular weight is 394 g/mol. The van der Waals surface area contributed by atoms with Gasteiger partial charge in [-0.3, -0.25) is 10.1 Å². The van der Waals surface area contributed by atoms with Gasteiger partial charge in [-0.1, -0.05) is 17.7 Å². The van der Waals surface area contributed by atoms with E-state index in [1.807, 2.05) is 6.07 Å². The topological polar surface area (TPSA) is 52.4 Å². The van der Waals surface area contributed by atoms with Crippen LogP contribution in [0.3, 0.4) is 0 Å². The predicted octanol–water partition coefficient (Wildman–Crippen LogP) is 4.78. The summed E-state index contributed by atoms with van der Waals surface area (Å²) in [5.41, 5.74) is -0.384. The summed E-state index contributed by atoms with van der Waals surface area (Å²) in [5, 5.41) is 10.6. The van der Waals surface area contributed by atoms with Crippen molar-refractivity contribution >= 4 is 39.9 Å². The summed E-state index contributed by atoms with van der Waals surface area (Å²) in [6.45, 7) is 0. The van der Waals surface area contributed by atoms with Crippen molar-refractivity contribution in [2.24, 2.45) is 0 Å². The standard InChI is InChI=1S/C12H6ClFINO3/c13-9-5-11(16(17)18)12(6-10(9)14)19-8-3-1-2-7(15)4-8/h1-6H. The lowest BCUT2D eigenvalue weighted by Crippen LogP contribution is -1.95. The second kappa shape index (κ2) is 5.70. The number of benzene rings is 2. The van der Waals surface area contributed by atoms with E-state index in [1.54, 1.807) is 18.2 Å². The minimum absolute atomic E-state index is 0.186. The Kier molecular flexibility index (Phi) is 4.20. The van der Waals surface area contributed by atoms with Crippen LogP contribution in [0.5, 0.6) is 11.5 Å². The minimum atomic E-state index is -0.770. The first kappa shape index (κ1) is 14.0. The Morgan fingerprint density at radius 1 is 1.32 bits per heavy atom. The van der Waals surface area contributed by atoms with Crippen LogP contribution in [0, 0.1) is 19.5 Å². The fraction of sp³-hybridized carbons (Fsp3) is 0. The Bertz CT molecular complexity index is 651. The maximum absolute atomic E-state index is 13.4. The highest BCUT2D eigenvalue weighted by molar-refractivity contribution is 14.1. The molecule has 0 amide bonds. The molecule has 0 radical (unpaired) electrons. The number of rotatable bonds is 3.